The van der Waals surface area contributed by atoms with E-state index in [0.717, 1.165) is 5.56 Å². The zero-order valence-electron chi connectivity index (χ0n) is 13.8. The normalized spacial score (nSPS) is 10.4. The zero-order chi connectivity index (χ0) is 18.4. The summed E-state index contributed by atoms with van der Waals surface area (Å²) in [6.07, 6.45) is 0. The van der Waals surface area contributed by atoms with E-state index in [1.54, 1.807) is 54.6 Å². The van der Waals surface area contributed by atoms with E-state index in [9.17, 15) is 13.6 Å². The summed E-state index contributed by atoms with van der Waals surface area (Å²) in [7, 11) is 0. The van der Waals surface area contributed by atoms with Crippen molar-refractivity contribution >= 4 is 5.97 Å². The van der Waals surface area contributed by atoms with E-state index in [1.807, 2.05) is 0 Å². The molecule has 0 heterocycles. The van der Waals surface area contributed by atoms with E-state index in [1.165, 1.54) is 18.2 Å². The van der Waals surface area contributed by atoms with Crippen LogP contribution in [0.4, 0.5) is 8.78 Å². The molecule has 0 aliphatic carbocycles. The number of carbonyl (C=O) groups is 1. The molecule has 3 aromatic rings. The number of ether oxygens (including phenoxy) is 2. The van der Waals surface area contributed by atoms with E-state index >= 15 is 0 Å². The lowest BCUT2D eigenvalue weighted by Gasteiger charge is -2.11. The van der Waals surface area contributed by atoms with Crippen LogP contribution in [0.3, 0.4) is 0 Å². The van der Waals surface area contributed by atoms with E-state index in [2.05, 4.69) is 0 Å². The maximum Gasteiger partial charge on any atom is 0.342 e. The van der Waals surface area contributed by atoms with Crippen LogP contribution in [0, 0.1) is 11.6 Å². The molecule has 26 heavy (non-hydrogen) atoms. The largest absolute Gasteiger partial charge is 0.488 e. The van der Waals surface area contributed by atoms with Gasteiger partial charge >= 0.3 is 5.97 Å². The van der Waals surface area contributed by atoms with Gasteiger partial charge in [-0.3, -0.25) is 0 Å². The molecule has 0 aliphatic heterocycles. The Morgan fingerprint density at radius 3 is 2.27 bits per heavy atom. The summed E-state index contributed by atoms with van der Waals surface area (Å²) in [5.41, 5.74) is 1.30. The van der Waals surface area contributed by atoms with Crippen molar-refractivity contribution in [2.24, 2.45) is 0 Å². The standard InChI is InChI=1S/C21H16F2O3/c22-17-11-9-15(10-12-17)13-25-20-8-4-2-6-18(20)21(24)26-14-16-5-1-3-7-19(16)23/h1-12H,13-14H2. The van der Waals surface area contributed by atoms with Crippen molar-refractivity contribution in [1.82, 2.24) is 0 Å². The fourth-order valence-corrected chi connectivity index (χ4v) is 2.34. The summed E-state index contributed by atoms with van der Waals surface area (Å²) in [6, 6.07) is 18.6. The average Bonchev–Trinajstić information content (AvgIpc) is 2.67. The first-order valence-electron chi connectivity index (χ1n) is 8.00. The molecule has 3 nitrogen and oxygen atoms in total. The molecule has 0 bridgehead atoms. The first-order chi connectivity index (χ1) is 12.6. The van der Waals surface area contributed by atoms with Crippen molar-refractivity contribution in [3.8, 4) is 5.75 Å². The maximum atomic E-state index is 13.6. The highest BCUT2D eigenvalue weighted by Crippen LogP contribution is 2.21. The van der Waals surface area contributed by atoms with Crippen molar-refractivity contribution in [3.05, 3.63) is 101 Å². The van der Waals surface area contributed by atoms with E-state index in [4.69, 9.17) is 9.47 Å². The number of hydrogen-bond donors (Lipinski definition) is 0. The Bertz CT molecular complexity index is 892. The predicted molar refractivity (Wildman–Crippen MR) is 92.7 cm³/mol. The zero-order valence-corrected chi connectivity index (χ0v) is 13.8. The fraction of sp³-hybridized carbons (Fsp3) is 0.0952. The molecule has 0 N–H and O–H groups in total. The minimum absolute atomic E-state index is 0.169. The lowest BCUT2D eigenvalue weighted by Crippen LogP contribution is -2.09. The molecule has 0 unspecified atom stereocenters. The Morgan fingerprint density at radius 2 is 1.50 bits per heavy atom. The van der Waals surface area contributed by atoms with Crippen LogP contribution in [0.2, 0.25) is 0 Å². The van der Waals surface area contributed by atoms with Gasteiger partial charge in [-0.25, -0.2) is 13.6 Å². The molecule has 5 heteroatoms. The molecule has 0 atom stereocenters. The van der Waals surface area contributed by atoms with Gasteiger partial charge in [0.1, 0.15) is 36.2 Å². The number of carbonyl (C=O) groups excluding carboxylic acids is 1. The molecule has 0 amide bonds. The van der Waals surface area contributed by atoms with Gasteiger partial charge in [-0.2, -0.15) is 0 Å². The number of rotatable bonds is 6. The third-order valence-electron chi connectivity index (χ3n) is 3.73. The number of halogens is 2. The van der Waals surface area contributed by atoms with E-state index in [0.29, 0.717) is 11.3 Å². The Kier molecular flexibility index (Phi) is 5.59. The Morgan fingerprint density at radius 1 is 0.808 bits per heavy atom. The average molecular weight is 354 g/mol. The van der Waals surface area contributed by atoms with Gasteiger partial charge in [-0.05, 0) is 35.9 Å². The number of esters is 1. The van der Waals surface area contributed by atoms with Gasteiger partial charge in [0, 0.05) is 5.56 Å². The van der Waals surface area contributed by atoms with Crippen LogP contribution in [0.25, 0.3) is 0 Å². The van der Waals surface area contributed by atoms with E-state index in [-0.39, 0.29) is 24.6 Å². The molecule has 0 saturated carbocycles. The van der Waals surface area contributed by atoms with Crippen molar-refractivity contribution < 1.29 is 23.0 Å². The first kappa shape index (κ1) is 17.6. The molecular weight excluding hydrogens is 338 g/mol. The SMILES string of the molecule is O=C(OCc1ccccc1F)c1ccccc1OCc1ccc(F)cc1. The van der Waals surface area contributed by atoms with Crippen LogP contribution < -0.4 is 4.74 Å². The molecule has 0 spiro atoms. The number of hydrogen-bond acceptors (Lipinski definition) is 3. The van der Waals surface area contributed by atoms with Crippen LogP contribution in [0.15, 0.2) is 72.8 Å². The van der Waals surface area contributed by atoms with Gasteiger partial charge in [0.15, 0.2) is 0 Å². The lowest BCUT2D eigenvalue weighted by molar-refractivity contribution is 0.0464. The van der Waals surface area contributed by atoms with Crippen LogP contribution in [0.5, 0.6) is 5.75 Å². The molecule has 3 aromatic carbocycles. The van der Waals surface area contributed by atoms with Gasteiger partial charge in [-0.15, -0.1) is 0 Å². The first-order valence-corrected chi connectivity index (χ1v) is 8.00. The second-order valence-corrected chi connectivity index (χ2v) is 5.58. The highest BCUT2D eigenvalue weighted by atomic mass is 19.1. The van der Waals surface area contributed by atoms with Crippen LogP contribution in [0.1, 0.15) is 21.5 Å². The highest BCUT2D eigenvalue weighted by molar-refractivity contribution is 5.92. The Labute approximate surface area is 149 Å². The lowest BCUT2D eigenvalue weighted by atomic mass is 10.2. The second kappa shape index (κ2) is 8.25. The van der Waals surface area contributed by atoms with Gasteiger partial charge in [0.05, 0.1) is 0 Å². The van der Waals surface area contributed by atoms with Gasteiger partial charge in [0.2, 0.25) is 0 Å². The minimum atomic E-state index is -0.608. The highest BCUT2D eigenvalue weighted by Gasteiger charge is 2.14. The van der Waals surface area contributed by atoms with Crippen molar-refractivity contribution in [1.29, 1.82) is 0 Å². The molecule has 132 valence electrons. The summed E-state index contributed by atoms with van der Waals surface area (Å²) in [4.78, 5) is 12.3. The molecule has 0 radical (unpaired) electrons. The van der Waals surface area contributed by atoms with Crippen molar-refractivity contribution in [2.45, 2.75) is 13.2 Å². The van der Waals surface area contributed by atoms with Crippen molar-refractivity contribution in [3.63, 3.8) is 0 Å². The molecule has 3 rings (SSSR count). The second-order valence-electron chi connectivity index (χ2n) is 5.58. The number of benzene rings is 3. The third-order valence-corrected chi connectivity index (χ3v) is 3.73. The fourth-order valence-electron chi connectivity index (χ4n) is 2.34. The van der Waals surface area contributed by atoms with Crippen LogP contribution in [-0.2, 0) is 18.0 Å². The molecular formula is C21H16F2O3. The van der Waals surface area contributed by atoms with Gasteiger partial charge in [0.25, 0.3) is 0 Å². The summed E-state index contributed by atoms with van der Waals surface area (Å²) < 4.78 is 37.4. The Hall–Kier alpha value is -3.21. The molecule has 0 saturated heterocycles. The van der Waals surface area contributed by atoms with Crippen molar-refractivity contribution in [2.75, 3.05) is 0 Å². The maximum absolute atomic E-state index is 13.6. The summed E-state index contributed by atoms with van der Waals surface area (Å²) in [5, 5.41) is 0. The molecule has 0 aliphatic rings. The van der Waals surface area contributed by atoms with Gasteiger partial charge in [-0.1, -0.05) is 42.5 Å². The van der Waals surface area contributed by atoms with Crippen LogP contribution in [-0.4, -0.2) is 5.97 Å². The summed E-state index contributed by atoms with van der Waals surface area (Å²) in [6.45, 7) is 0.00961. The smallest absolute Gasteiger partial charge is 0.342 e. The topological polar surface area (TPSA) is 35.5 Å². The van der Waals surface area contributed by atoms with Crippen LogP contribution >= 0.6 is 0 Å². The predicted octanol–water partition coefficient (Wildman–Crippen LogP) is 4.90. The van der Waals surface area contributed by atoms with E-state index < -0.39 is 11.8 Å². The molecule has 0 aromatic heterocycles. The summed E-state index contributed by atoms with van der Waals surface area (Å²) >= 11 is 0. The monoisotopic (exact) mass is 354 g/mol. The van der Waals surface area contributed by atoms with Gasteiger partial charge < -0.3 is 9.47 Å². The molecule has 0 fully saturated rings. The number of para-hydroxylation sites is 1. The third kappa shape index (κ3) is 4.45. The summed E-state index contributed by atoms with van der Waals surface area (Å²) in [5.74, 6) is -1.02. The Balaban J connectivity index is 1.67. The minimum Gasteiger partial charge on any atom is -0.488 e. The quantitative estimate of drug-likeness (QED) is 0.591.